The van der Waals surface area contributed by atoms with Crippen molar-refractivity contribution in [2.45, 2.75) is 25.6 Å². The van der Waals surface area contributed by atoms with E-state index in [2.05, 4.69) is 10.1 Å². The molecule has 1 aromatic rings. The van der Waals surface area contributed by atoms with Crippen molar-refractivity contribution < 1.29 is 32.6 Å². The molecular weight excluding hydrogens is 315 g/mol. The normalized spacial score (nSPS) is 21.4. The van der Waals surface area contributed by atoms with E-state index in [1.165, 1.54) is 12.1 Å². The Hall–Kier alpha value is -2.25. The molecule has 3 atom stereocenters. The van der Waals surface area contributed by atoms with Crippen LogP contribution in [0.25, 0.3) is 0 Å². The van der Waals surface area contributed by atoms with E-state index in [4.69, 9.17) is 5.11 Å². The number of carboxylic acid groups (broad SMARTS) is 1. The zero-order valence-corrected chi connectivity index (χ0v) is 12.3. The molecule has 1 amide bonds. The van der Waals surface area contributed by atoms with Gasteiger partial charge in [-0.3, -0.25) is 9.59 Å². The van der Waals surface area contributed by atoms with Crippen molar-refractivity contribution in [1.29, 1.82) is 0 Å². The number of hydrogen-bond donors (Lipinski definition) is 2. The first-order chi connectivity index (χ1) is 10.7. The first-order valence-corrected chi connectivity index (χ1v) is 7.00. The summed E-state index contributed by atoms with van der Waals surface area (Å²) in [6.07, 6.45) is -4.07. The van der Waals surface area contributed by atoms with Crippen molar-refractivity contribution in [2.75, 3.05) is 6.61 Å². The second-order valence-electron chi connectivity index (χ2n) is 5.49. The second-order valence-corrected chi connectivity index (χ2v) is 5.49. The summed E-state index contributed by atoms with van der Waals surface area (Å²) in [6, 6.07) is 5.51. The summed E-state index contributed by atoms with van der Waals surface area (Å²) < 4.78 is 40.7. The van der Waals surface area contributed by atoms with E-state index in [-0.39, 0.29) is 17.7 Å². The van der Waals surface area contributed by atoms with Gasteiger partial charge in [-0.15, -0.1) is 0 Å². The average Bonchev–Trinajstić information content (AvgIpc) is 3.25. The van der Waals surface area contributed by atoms with E-state index < -0.39 is 30.6 Å². The van der Waals surface area contributed by atoms with Gasteiger partial charge < -0.3 is 15.2 Å². The summed E-state index contributed by atoms with van der Waals surface area (Å²) in [4.78, 5) is 22.6. The smallest absolute Gasteiger partial charge is 0.422 e. The highest BCUT2D eigenvalue weighted by atomic mass is 19.4. The molecule has 1 aromatic carbocycles. The molecule has 23 heavy (non-hydrogen) atoms. The zero-order valence-electron chi connectivity index (χ0n) is 12.3. The molecule has 0 saturated heterocycles. The Kier molecular flexibility index (Phi) is 4.82. The predicted octanol–water partition coefficient (Wildman–Crippen LogP) is 2.53. The van der Waals surface area contributed by atoms with E-state index in [9.17, 15) is 22.8 Å². The fraction of sp³-hybridized carbons (Fsp3) is 0.467. The lowest BCUT2D eigenvalue weighted by molar-refractivity contribution is -0.153. The SMILES string of the molecule is CC(NC(=O)C1CC1C(=O)O)c1ccc(OCC(F)(F)F)cc1. The molecule has 0 aliphatic heterocycles. The Labute approximate surface area is 130 Å². The predicted molar refractivity (Wildman–Crippen MR) is 73.8 cm³/mol. The molecule has 1 saturated carbocycles. The number of ether oxygens (including phenoxy) is 1. The lowest BCUT2D eigenvalue weighted by atomic mass is 10.1. The molecule has 1 aliphatic carbocycles. The third-order valence-corrected chi connectivity index (χ3v) is 3.59. The highest BCUT2D eigenvalue weighted by molar-refractivity contribution is 5.89. The number of rotatable bonds is 6. The molecule has 3 unspecified atom stereocenters. The molecule has 8 heteroatoms. The number of carboxylic acids is 1. The summed E-state index contributed by atoms with van der Waals surface area (Å²) in [7, 11) is 0. The molecule has 126 valence electrons. The van der Waals surface area contributed by atoms with E-state index in [0.717, 1.165) is 0 Å². The summed E-state index contributed by atoms with van der Waals surface area (Å²) in [6.45, 7) is 0.346. The van der Waals surface area contributed by atoms with Crippen LogP contribution >= 0.6 is 0 Å². The van der Waals surface area contributed by atoms with Crippen LogP contribution in [0.1, 0.15) is 24.9 Å². The Balaban J connectivity index is 1.87. The Bertz CT molecular complexity index is 585. The van der Waals surface area contributed by atoms with Crippen molar-refractivity contribution in [1.82, 2.24) is 5.32 Å². The van der Waals surface area contributed by atoms with Gasteiger partial charge in [0.15, 0.2) is 6.61 Å². The number of carbonyl (C=O) groups excluding carboxylic acids is 1. The number of nitrogens with one attached hydrogen (secondary N) is 1. The van der Waals surface area contributed by atoms with Crippen LogP contribution in [0.15, 0.2) is 24.3 Å². The van der Waals surface area contributed by atoms with Crippen LogP contribution in [-0.2, 0) is 9.59 Å². The third-order valence-electron chi connectivity index (χ3n) is 3.59. The van der Waals surface area contributed by atoms with Gasteiger partial charge in [-0.25, -0.2) is 0 Å². The van der Waals surface area contributed by atoms with Crippen molar-refractivity contribution in [3.05, 3.63) is 29.8 Å². The molecule has 0 heterocycles. The van der Waals surface area contributed by atoms with Crippen LogP contribution in [0, 0.1) is 11.8 Å². The minimum atomic E-state index is -4.40. The molecule has 5 nitrogen and oxygen atoms in total. The van der Waals surface area contributed by atoms with E-state index in [1.807, 2.05) is 0 Å². The second kappa shape index (κ2) is 6.47. The van der Waals surface area contributed by atoms with Gasteiger partial charge in [0.05, 0.1) is 17.9 Å². The van der Waals surface area contributed by atoms with Gasteiger partial charge in [-0.05, 0) is 31.0 Å². The Morgan fingerprint density at radius 3 is 2.39 bits per heavy atom. The summed E-state index contributed by atoms with van der Waals surface area (Å²) in [5, 5.41) is 11.5. The molecule has 1 aliphatic rings. The Morgan fingerprint density at radius 2 is 1.91 bits per heavy atom. The topological polar surface area (TPSA) is 75.6 Å². The van der Waals surface area contributed by atoms with Gasteiger partial charge in [0.1, 0.15) is 5.75 Å². The number of aliphatic carboxylic acids is 1. The minimum Gasteiger partial charge on any atom is -0.484 e. The van der Waals surface area contributed by atoms with Gasteiger partial charge in [-0.2, -0.15) is 13.2 Å². The van der Waals surface area contributed by atoms with Crippen molar-refractivity contribution in [2.24, 2.45) is 11.8 Å². The number of benzene rings is 1. The van der Waals surface area contributed by atoms with Crippen LogP contribution in [0.4, 0.5) is 13.2 Å². The maximum absolute atomic E-state index is 12.0. The minimum absolute atomic E-state index is 0.0812. The van der Waals surface area contributed by atoms with Gasteiger partial charge in [0.25, 0.3) is 0 Å². The number of halogens is 3. The summed E-state index contributed by atoms with van der Waals surface area (Å²) in [5.74, 6) is -2.37. The fourth-order valence-electron chi connectivity index (χ4n) is 2.18. The molecule has 0 radical (unpaired) electrons. The van der Waals surface area contributed by atoms with Crippen molar-refractivity contribution in [3.8, 4) is 5.75 Å². The first-order valence-electron chi connectivity index (χ1n) is 7.00. The van der Waals surface area contributed by atoms with Gasteiger partial charge in [0, 0.05) is 0 Å². The monoisotopic (exact) mass is 331 g/mol. The molecule has 0 aromatic heterocycles. The number of alkyl halides is 3. The Morgan fingerprint density at radius 1 is 1.30 bits per heavy atom. The number of amides is 1. The van der Waals surface area contributed by atoms with Crippen LogP contribution in [0.3, 0.4) is 0 Å². The maximum Gasteiger partial charge on any atom is 0.422 e. The lowest BCUT2D eigenvalue weighted by Crippen LogP contribution is -2.29. The molecule has 2 rings (SSSR count). The van der Waals surface area contributed by atoms with E-state index in [0.29, 0.717) is 12.0 Å². The van der Waals surface area contributed by atoms with Crippen LogP contribution in [0.2, 0.25) is 0 Å². The first kappa shape index (κ1) is 17.1. The largest absolute Gasteiger partial charge is 0.484 e. The highest BCUT2D eigenvalue weighted by Crippen LogP contribution is 2.39. The van der Waals surface area contributed by atoms with E-state index >= 15 is 0 Å². The van der Waals surface area contributed by atoms with Gasteiger partial charge in [0.2, 0.25) is 5.91 Å². The van der Waals surface area contributed by atoms with Gasteiger partial charge >= 0.3 is 12.1 Å². The fourth-order valence-corrected chi connectivity index (χ4v) is 2.18. The zero-order chi connectivity index (χ0) is 17.2. The molecule has 0 spiro atoms. The van der Waals surface area contributed by atoms with Crippen molar-refractivity contribution >= 4 is 11.9 Å². The highest BCUT2D eigenvalue weighted by Gasteiger charge is 2.48. The third kappa shape index (κ3) is 4.87. The van der Waals surface area contributed by atoms with Crippen LogP contribution in [0.5, 0.6) is 5.75 Å². The lowest BCUT2D eigenvalue weighted by Gasteiger charge is -2.15. The van der Waals surface area contributed by atoms with Crippen LogP contribution in [-0.4, -0.2) is 29.8 Å². The average molecular weight is 331 g/mol. The standard InChI is InChI=1S/C15H16F3NO4/c1-8(19-13(20)11-6-12(11)14(21)22)9-2-4-10(5-3-9)23-7-15(16,17)18/h2-5,8,11-12H,6-7H2,1H3,(H,19,20)(H,21,22). The van der Waals surface area contributed by atoms with E-state index in [1.54, 1.807) is 19.1 Å². The van der Waals surface area contributed by atoms with Crippen molar-refractivity contribution in [3.63, 3.8) is 0 Å². The molecule has 2 N–H and O–H groups in total. The molecule has 1 fully saturated rings. The molecular formula is C15H16F3NO4. The van der Waals surface area contributed by atoms with Crippen LogP contribution < -0.4 is 10.1 Å². The maximum atomic E-state index is 12.0. The number of carbonyl (C=O) groups is 2. The number of hydrogen-bond acceptors (Lipinski definition) is 3. The summed E-state index contributed by atoms with van der Waals surface area (Å²) >= 11 is 0. The summed E-state index contributed by atoms with van der Waals surface area (Å²) in [5.41, 5.74) is 0.685. The molecule has 0 bridgehead atoms. The van der Waals surface area contributed by atoms with Gasteiger partial charge in [-0.1, -0.05) is 12.1 Å². The quantitative estimate of drug-likeness (QED) is 0.840.